The fraction of sp³-hybridized carbons (Fsp3) is 0. The van der Waals surface area contributed by atoms with Crippen molar-refractivity contribution in [3.63, 3.8) is 0 Å². The van der Waals surface area contributed by atoms with Gasteiger partial charge < -0.3 is 9.80 Å². The molecule has 0 radical (unpaired) electrons. The van der Waals surface area contributed by atoms with E-state index in [1.165, 1.54) is 12.1 Å². The van der Waals surface area contributed by atoms with Gasteiger partial charge in [-0.05, 0) is 114 Å². The Morgan fingerprint density at radius 2 is 0.618 bits per heavy atom. The molecule has 358 valence electrons. The highest BCUT2D eigenvalue weighted by molar-refractivity contribution is 6.29. The van der Waals surface area contributed by atoms with E-state index in [0.717, 1.165) is 12.1 Å². The second-order valence-corrected chi connectivity index (χ2v) is 18.0. The third-order valence-corrected chi connectivity index (χ3v) is 13.8. The molecule has 0 unspecified atom stereocenters. The zero-order chi connectivity index (χ0) is 68.1. The van der Waals surface area contributed by atoms with Crippen LogP contribution in [0.25, 0.3) is 98.4 Å². The van der Waals surface area contributed by atoms with Crippen molar-refractivity contribution < 1.29 is 36.2 Å². The van der Waals surface area contributed by atoms with E-state index >= 15 is 8.78 Å². The van der Waals surface area contributed by atoms with Crippen molar-refractivity contribution in [3.8, 4) is 44.5 Å². The van der Waals surface area contributed by atoms with Gasteiger partial charge in [0, 0.05) is 32.7 Å². The molecule has 0 atom stereocenters. The smallest absolute Gasteiger partial charge is 0.148 e. The van der Waals surface area contributed by atoms with Gasteiger partial charge in [0.15, 0.2) is 0 Å². The molecule has 0 saturated carbocycles. The van der Waals surface area contributed by atoms with Crippen molar-refractivity contribution in [2.75, 3.05) is 9.80 Å². The van der Waals surface area contributed by atoms with Crippen molar-refractivity contribution in [2.45, 2.75) is 0 Å². The highest BCUT2D eigenvalue weighted by atomic mass is 19.1. The average molecular weight is 997 g/mol. The van der Waals surface area contributed by atoms with Gasteiger partial charge in [-0.2, -0.15) is 0 Å². The van der Waals surface area contributed by atoms with Crippen molar-refractivity contribution in [2.24, 2.45) is 0 Å². The normalized spacial score (nSPS) is 15.2. The average Bonchev–Trinajstić information content (AvgIpc) is 0.719. The van der Waals surface area contributed by atoms with E-state index < -0.39 is 155 Å². The van der Waals surface area contributed by atoms with Gasteiger partial charge in [0.1, 0.15) is 11.6 Å². The number of fused-ring (bicyclic) bond motifs is 2. The van der Waals surface area contributed by atoms with E-state index in [1.54, 1.807) is 82.6 Å². The zero-order valence-corrected chi connectivity index (χ0v) is 39.7. The molecule has 0 N–H and O–H groups in total. The van der Waals surface area contributed by atoms with E-state index in [1.807, 2.05) is 60.7 Å². The van der Waals surface area contributed by atoms with Crippen molar-refractivity contribution >= 4 is 88.0 Å². The third-order valence-electron chi connectivity index (χ3n) is 13.8. The van der Waals surface area contributed by atoms with Gasteiger partial charge in [-0.15, -0.1) is 0 Å². The van der Waals surface area contributed by atoms with Gasteiger partial charge in [-0.25, -0.2) is 8.78 Å². The minimum atomic E-state index is -1.10. The first-order valence-corrected chi connectivity index (χ1v) is 24.1. The Morgan fingerprint density at radius 1 is 0.276 bits per heavy atom. The number of hydrogen-bond donors (Lipinski definition) is 0. The molecule has 0 amide bonds. The molecule has 0 aliphatic rings. The van der Waals surface area contributed by atoms with Gasteiger partial charge in [0.05, 0.1) is 61.5 Å². The Morgan fingerprint density at radius 3 is 1.03 bits per heavy atom. The molecule has 0 aromatic heterocycles. The van der Waals surface area contributed by atoms with E-state index in [4.69, 9.17) is 21.9 Å². The molecule has 0 aliphatic carbocycles. The lowest BCUT2D eigenvalue weighted by atomic mass is 9.90. The van der Waals surface area contributed by atoms with Gasteiger partial charge >= 0.3 is 0 Å². The highest BCUT2D eigenvalue weighted by Crippen LogP contribution is 2.53. The monoisotopic (exact) mass is 996 g/mol. The molecule has 14 rings (SSSR count). The number of benzene rings is 14. The first-order valence-electron chi connectivity index (χ1n) is 34.1. The zero-order valence-electron chi connectivity index (χ0n) is 59.7. The predicted molar refractivity (Wildman–Crippen MR) is 316 cm³/mol. The largest absolute Gasteiger partial charge is 0.306 e. The Bertz CT molecular complexity index is 5270. The second-order valence-electron chi connectivity index (χ2n) is 18.0. The Kier molecular flexibility index (Phi) is 6.96. The summed E-state index contributed by atoms with van der Waals surface area (Å²) in [6.45, 7) is 0. The van der Waals surface area contributed by atoms with Gasteiger partial charge in [-0.3, -0.25) is 0 Å². The molecule has 2 nitrogen and oxygen atoms in total. The highest BCUT2D eigenvalue weighted by Gasteiger charge is 2.29. The van der Waals surface area contributed by atoms with Gasteiger partial charge in [-0.1, -0.05) is 230 Å². The lowest BCUT2D eigenvalue weighted by Gasteiger charge is -2.32. The minimum absolute atomic E-state index is 0.263. The lowest BCUT2D eigenvalue weighted by Crippen LogP contribution is -2.15. The Balaban J connectivity index is 1.11. The second kappa shape index (κ2) is 18.5. The third kappa shape index (κ3) is 7.53. The fourth-order valence-electron chi connectivity index (χ4n) is 10.6. The molecule has 0 fully saturated rings. The maximum atomic E-state index is 18.8. The van der Waals surface area contributed by atoms with E-state index in [9.17, 15) is 5.48 Å². The Labute approximate surface area is 467 Å². The fourth-order valence-corrected chi connectivity index (χ4v) is 10.6. The lowest BCUT2D eigenvalue weighted by molar-refractivity contribution is 0.629. The van der Waals surface area contributed by atoms with Crippen molar-refractivity contribution in [3.05, 3.63) is 290 Å². The Hall–Kier alpha value is -9.90. The maximum absolute atomic E-state index is 18.8. The molecule has 0 spiro atoms. The number of nitrogens with zero attached hydrogens (tertiary/aromatic N) is 2. The number of anilines is 6. The summed E-state index contributed by atoms with van der Waals surface area (Å²) in [5.74, 6) is -2.19. The van der Waals surface area contributed by atoms with Crippen LogP contribution in [0.4, 0.5) is 42.9 Å². The molecule has 14 aromatic rings. The molecule has 0 aliphatic heterocycles. The molecule has 14 aromatic carbocycles. The maximum Gasteiger partial charge on any atom is 0.148 e. The molecular weight excluding hydrogens is 931 g/mol. The van der Waals surface area contributed by atoms with Crippen molar-refractivity contribution in [1.82, 2.24) is 0 Å². The standard InChI is InChI=1S/C72H46F2N2/c73-63-45-55(47-19-5-1-6-20-47)43-61(51-23-9-3-10-24-51)71(63)75(65-33-17-29-49-27-13-15-31-57(49)65)67-41-37-53-36-40-60-68(42-38-54-35-39-59(67)69(53)70(54)60)76(66-34-18-30-50-28-14-16-32-58(50)66)72-62(52-25-11-4-12-26-52)44-56(46-64(72)74)48-21-7-2-8-22-48/h1-46H/i1D,2D,3D,4D,5D,6D,7D,8D,9D,10D,11D,12D,19D,20D,21D,22D,23D,24D,25D,26D. The summed E-state index contributed by atoms with van der Waals surface area (Å²) < 4.78 is 215. The van der Waals surface area contributed by atoms with Crippen LogP contribution in [0.2, 0.25) is 0 Å². The summed E-state index contributed by atoms with van der Waals surface area (Å²) in [6.07, 6.45) is 0. The summed E-state index contributed by atoms with van der Waals surface area (Å²) in [5, 5.41) is 5.77. The van der Waals surface area contributed by atoms with Crippen LogP contribution in [0.5, 0.6) is 0 Å². The number of hydrogen-bond acceptors (Lipinski definition) is 2. The van der Waals surface area contributed by atoms with E-state index in [-0.39, 0.29) is 45.0 Å². The molecule has 0 saturated heterocycles. The first-order chi connectivity index (χ1) is 45.8. The molecular formula is C72H46F2N2. The minimum Gasteiger partial charge on any atom is -0.306 e. The summed E-state index contributed by atoms with van der Waals surface area (Å²) >= 11 is 0. The van der Waals surface area contributed by atoms with E-state index in [0.29, 0.717) is 65.2 Å². The van der Waals surface area contributed by atoms with Crippen LogP contribution in [0, 0.1) is 11.6 Å². The molecule has 0 bridgehead atoms. The van der Waals surface area contributed by atoms with Gasteiger partial charge in [0.25, 0.3) is 0 Å². The van der Waals surface area contributed by atoms with Gasteiger partial charge in [0.2, 0.25) is 0 Å². The van der Waals surface area contributed by atoms with Crippen LogP contribution >= 0.6 is 0 Å². The van der Waals surface area contributed by atoms with Crippen LogP contribution in [0.3, 0.4) is 0 Å². The quantitative estimate of drug-likeness (QED) is 0.126. The SMILES string of the molecule is [2H]c1c([2H])c([2H])c(-c2cc(F)c(N(c3cccc4ccccc34)c3ccc4ccc5c(N(c6c(F)cc(-c7c([2H])c([2H])c([2H])c([2H])c7[2H])cc6-c6c([2H])c([2H])c([2H])c([2H])c6[2H])c6cccc7ccccc67)ccc6ccc3c4c65)c(-c3c([2H])c([2H])c([2H])c([2H])c3[2H])c2)c([2H])c1[2H]. The number of halogens is 2. The molecule has 76 heavy (non-hydrogen) atoms. The number of rotatable bonds is 10. The van der Waals surface area contributed by atoms with E-state index in [2.05, 4.69) is 0 Å². The topological polar surface area (TPSA) is 6.48 Å². The van der Waals surface area contributed by atoms with Crippen LogP contribution in [-0.2, 0) is 0 Å². The van der Waals surface area contributed by atoms with Crippen molar-refractivity contribution in [1.29, 1.82) is 0 Å². The summed E-state index contributed by atoms with van der Waals surface area (Å²) in [7, 11) is 0. The van der Waals surface area contributed by atoms with Crippen LogP contribution in [0.1, 0.15) is 27.4 Å². The summed E-state index contributed by atoms with van der Waals surface area (Å²) in [4.78, 5) is 3.13. The molecule has 0 heterocycles. The summed E-state index contributed by atoms with van der Waals surface area (Å²) in [5.41, 5.74) is -2.44. The molecule has 4 heteroatoms. The summed E-state index contributed by atoms with van der Waals surface area (Å²) in [6, 6.07) is 29.4. The van der Waals surface area contributed by atoms with Crippen LogP contribution < -0.4 is 9.80 Å². The predicted octanol–water partition coefficient (Wildman–Crippen LogP) is 20.8. The van der Waals surface area contributed by atoms with Crippen LogP contribution in [-0.4, -0.2) is 0 Å². The van der Waals surface area contributed by atoms with Crippen LogP contribution in [0.15, 0.2) is 279 Å². The first kappa shape index (κ1) is 28.5.